The van der Waals surface area contributed by atoms with Gasteiger partial charge in [0.2, 0.25) is 0 Å². The summed E-state index contributed by atoms with van der Waals surface area (Å²) in [6, 6.07) is 9.89. The van der Waals surface area contributed by atoms with Crippen molar-refractivity contribution in [3.63, 3.8) is 0 Å². The molecule has 0 aliphatic heterocycles. The molecule has 84 valence electrons. The molecular weight excluding hydrogens is 268 g/mol. The molecular formula is C11H13BrN4. The fourth-order valence-electron chi connectivity index (χ4n) is 1.42. The lowest BCUT2D eigenvalue weighted by molar-refractivity contribution is 0.599. The van der Waals surface area contributed by atoms with Gasteiger partial charge in [-0.05, 0) is 28.5 Å². The summed E-state index contributed by atoms with van der Waals surface area (Å²) < 4.78 is 1.76. The zero-order valence-electron chi connectivity index (χ0n) is 9.21. The topological polar surface area (TPSA) is 43.6 Å². The first-order valence-electron chi connectivity index (χ1n) is 5.18. The SMILES string of the molecule is CC(C)C(Br)c1nnnn1-c1ccccc1. The summed E-state index contributed by atoms with van der Waals surface area (Å²) in [5.41, 5.74) is 0.979. The van der Waals surface area contributed by atoms with Gasteiger partial charge in [0.1, 0.15) is 0 Å². The molecule has 0 saturated heterocycles. The van der Waals surface area contributed by atoms with Crippen LogP contribution >= 0.6 is 15.9 Å². The van der Waals surface area contributed by atoms with Gasteiger partial charge in [-0.15, -0.1) is 5.10 Å². The summed E-state index contributed by atoms with van der Waals surface area (Å²) in [6.07, 6.45) is 0. The lowest BCUT2D eigenvalue weighted by atomic mass is 10.1. The van der Waals surface area contributed by atoms with Crippen molar-refractivity contribution in [1.82, 2.24) is 20.2 Å². The van der Waals surface area contributed by atoms with Crippen LogP contribution in [0.2, 0.25) is 0 Å². The molecule has 1 aromatic heterocycles. The Morgan fingerprint density at radius 3 is 2.50 bits per heavy atom. The van der Waals surface area contributed by atoms with E-state index in [1.807, 2.05) is 30.3 Å². The molecule has 16 heavy (non-hydrogen) atoms. The van der Waals surface area contributed by atoms with Gasteiger partial charge in [0.05, 0.1) is 10.5 Å². The minimum atomic E-state index is 0.155. The van der Waals surface area contributed by atoms with Crippen LogP contribution in [0.25, 0.3) is 5.69 Å². The molecule has 0 saturated carbocycles. The molecule has 0 amide bonds. The first-order valence-corrected chi connectivity index (χ1v) is 6.09. The van der Waals surface area contributed by atoms with Crippen LogP contribution in [0, 0.1) is 5.92 Å². The second kappa shape index (κ2) is 4.74. The number of rotatable bonds is 3. The number of alkyl halides is 1. The lowest BCUT2D eigenvalue weighted by Gasteiger charge is -2.12. The summed E-state index contributed by atoms with van der Waals surface area (Å²) in [4.78, 5) is 0.155. The van der Waals surface area contributed by atoms with Crippen LogP contribution in [0.3, 0.4) is 0 Å². The van der Waals surface area contributed by atoms with Crippen molar-refractivity contribution in [2.24, 2.45) is 5.92 Å². The molecule has 2 aromatic rings. The van der Waals surface area contributed by atoms with Gasteiger partial charge in [0.25, 0.3) is 0 Å². The average Bonchev–Trinajstić information content (AvgIpc) is 2.77. The van der Waals surface area contributed by atoms with Crippen LogP contribution in [-0.4, -0.2) is 20.2 Å². The average molecular weight is 281 g/mol. The molecule has 0 bridgehead atoms. The Bertz CT molecular complexity index is 452. The summed E-state index contributed by atoms with van der Waals surface area (Å²) in [5, 5.41) is 11.8. The number of hydrogen-bond acceptors (Lipinski definition) is 3. The first-order chi connectivity index (χ1) is 7.70. The van der Waals surface area contributed by atoms with Crippen molar-refractivity contribution in [2.75, 3.05) is 0 Å². The van der Waals surface area contributed by atoms with Gasteiger partial charge in [0, 0.05) is 0 Å². The van der Waals surface area contributed by atoms with E-state index in [1.54, 1.807) is 4.68 Å². The van der Waals surface area contributed by atoms with E-state index in [0.29, 0.717) is 5.92 Å². The van der Waals surface area contributed by atoms with Gasteiger partial charge in [-0.2, -0.15) is 4.68 Å². The molecule has 0 radical (unpaired) electrons. The third-order valence-corrected chi connectivity index (χ3v) is 3.79. The molecule has 2 rings (SSSR count). The van der Waals surface area contributed by atoms with Crippen LogP contribution in [0.1, 0.15) is 24.5 Å². The predicted octanol–water partition coefficient (Wildman–Crippen LogP) is 2.75. The molecule has 1 atom stereocenters. The highest BCUT2D eigenvalue weighted by atomic mass is 79.9. The van der Waals surface area contributed by atoms with Crippen LogP contribution in [0.15, 0.2) is 30.3 Å². The van der Waals surface area contributed by atoms with Crippen molar-refractivity contribution in [1.29, 1.82) is 0 Å². The van der Waals surface area contributed by atoms with E-state index in [1.165, 1.54) is 0 Å². The number of para-hydroxylation sites is 1. The fraction of sp³-hybridized carbons (Fsp3) is 0.364. The Balaban J connectivity index is 2.40. The third-order valence-electron chi connectivity index (χ3n) is 2.33. The molecule has 1 unspecified atom stereocenters. The van der Waals surface area contributed by atoms with Crippen molar-refractivity contribution in [3.8, 4) is 5.69 Å². The van der Waals surface area contributed by atoms with Crippen molar-refractivity contribution in [3.05, 3.63) is 36.2 Å². The van der Waals surface area contributed by atoms with Gasteiger partial charge < -0.3 is 0 Å². The van der Waals surface area contributed by atoms with E-state index in [9.17, 15) is 0 Å². The molecule has 0 aliphatic carbocycles. The molecule has 1 heterocycles. The van der Waals surface area contributed by atoms with Crippen molar-refractivity contribution < 1.29 is 0 Å². The molecule has 4 nitrogen and oxygen atoms in total. The Hall–Kier alpha value is -1.23. The number of nitrogens with zero attached hydrogens (tertiary/aromatic N) is 4. The highest BCUT2D eigenvalue weighted by molar-refractivity contribution is 9.09. The van der Waals surface area contributed by atoms with E-state index in [0.717, 1.165) is 11.5 Å². The minimum Gasteiger partial charge on any atom is -0.196 e. The molecule has 1 aromatic carbocycles. The van der Waals surface area contributed by atoms with Gasteiger partial charge in [-0.3, -0.25) is 0 Å². The van der Waals surface area contributed by atoms with Crippen LogP contribution in [-0.2, 0) is 0 Å². The van der Waals surface area contributed by atoms with Crippen molar-refractivity contribution >= 4 is 15.9 Å². The predicted molar refractivity (Wildman–Crippen MR) is 65.7 cm³/mol. The smallest absolute Gasteiger partial charge is 0.170 e. The minimum absolute atomic E-state index is 0.155. The summed E-state index contributed by atoms with van der Waals surface area (Å²) in [7, 11) is 0. The van der Waals surface area contributed by atoms with Crippen LogP contribution < -0.4 is 0 Å². The quantitative estimate of drug-likeness (QED) is 0.812. The highest BCUT2D eigenvalue weighted by Gasteiger charge is 2.19. The zero-order valence-corrected chi connectivity index (χ0v) is 10.8. The Labute approximate surface area is 103 Å². The number of tetrazole rings is 1. The summed E-state index contributed by atoms with van der Waals surface area (Å²) in [6.45, 7) is 4.26. The third kappa shape index (κ3) is 2.14. The number of halogens is 1. The molecule has 0 N–H and O–H groups in total. The Morgan fingerprint density at radius 2 is 1.88 bits per heavy atom. The maximum absolute atomic E-state index is 4.07. The molecule has 0 aliphatic rings. The first kappa shape index (κ1) is 11.3. The summed E-state index contributed by atoms with van der Waals surface area (Å²) >= 11 is 3.61. The number of benzene rings is 1. The largest absolute Gasteiger partial charge is 0.196 e. The van der Waals surface area contributed by atoms with Gasteiger partial charge >= 0.3 is 0 Å². The Kier molecular flexibility index (Phi) is 3.33. The standard InChI is InChI=1S/C11H13BrN4/c1-8(2)10(12)11-13-14-15-16(11)9-6-4-3-5-7-9/h3-8,10H,1-2H3. The van der Waals surface area contributed by atoms with E-state index in [2.05, 4.69) is 45.3 Å². The maximum Gasteiger partial charge on any atom is 0.170 e. The van der Waals surface area contributed by atoms with Gasteiger partial charge in [0.15, 0.2) is 5.82 Å². The second-order valence-electron chi connectivity index (χ2n) is 3.93. The van der Waals surface area contributed by atoms with Gasteiger partial charge in [-0.1, -0.05) is 48.0 Å². The van der Waals surface area contributed by atoms with Crippen LogP contribution in [0.4, 0.5) is 0 Å². The Morgan fingerprint density at radius 1 is 1.19 bits per heavy atom. The zero-order chi connectivity index (χ0) is 11.5. The highest BCUT2D eigenvalue weighted by Crippen LogP contribution is 2.29. The van der Waals surface area contributed by atoms with E-state index in [4.69, 9.17) is 0 Å². The fourth-order valence-corrected chi connectivity index (χ4v) is 1.70. The lowest BCUT2D eigenvalue weighted by Crippen LogP contribution is -2.08. The maximum atomic E-state index is 4.07. The normalized spacial score (nSPS) is 13.0. The van der Waals surface area contributed by atoms with Crippen LogP contribution in [0.5, 0.6) is 0 Å². The molecule has 0 fully saturated rings. The van der Waals surface area contributed by atoms with E-state index in [-0.39, 0.29) is 4.83 Å². The van der Waals surface area contributed by atoms with Crippen molar-refractivity contribution in [2.45, 2.75) is 18.7 Å². The van der Waals surface area contributed by atoms with Gasteiger partial charge in [-0.25, -0.2) is 0 Å². The molecule has 5 heteroatoms. The number of hydrogen-bond donors (Lipinski definition) is 0. The monoisotopic (exact) mass is 280 g/mol. The molecule has 0 spiro atoms. The van der Waals surface area contributed by atoms with E-state index < -0.39 is 0 Å². The van der Waals surface area contributed by atoms with E-state index >= 15 is 0 Å². The number of aromatic nitrogens is 4. The summed E-state index contributed by atoms with van der Waals surface area (Å²) in [5.74, 6) is 1.27. The second-order valence-corrected chi connectivity index (χ2v) is 4.92.